The van der Waals surface area contributed by atoms with Crippen LogP contribution < -0.4 is 5.32 Å². The zero-order chi connectivity index (χ0) is 20.5. The topological polar surface area (TPSA) is 67.0 Å². The van der Waals surface area contributed by atoms with E-state index < -0.39 is 0 Å². The van der Waals surface area contributed by atoms with Crippen LogP contribution in [-0.2, 0) is 17.8 Å². The van der Waals surface area contributed by atoms with Crippen LogP contribution in [0.15, 0.2) is 72.0 Å². The third-order valence-corrected chi connectivity index (χ3v) is 5.73. The van der Waals surface area contributed by atoms with Gasteiger partial charge in [-0.05, 0) is 43.2 Å². The Morgan fingerprint density at radius 1 is 1.17 bits per heavy atom. The van der Waals surface area contributed by atoms with Crippen molar-refractivity contribution in [2.75, 3.05) is 6.26 Å². The summed E-state index contributed by atoms with van der Waals surface area (Å²) in [7, 11) is 0. The summed E-state index contributed by atoms with van der Waals surface area (Å²) in [6.45, 7) is 2.52. The van der Waals surface area contributed by atoms with E-state index in [-0.39, 0.29) is 18.1 Å². The fraction of sp³-hybridized carbons (Fsp3) is 0.304. The molecule has 1 heterocycles. The van der Waals surface area contributed by atoms with Gasteiger partial charge in [0.05, 0.1) is 25.1 Å². The molecule has 0 fully saturated rings. The van der Waals surface area contributed by atoms with Crippen LogP contribution in [0.2, 0.25) is 0 Å². The molecule has 3 aromatic rings. The van der Waals surface area contributed by atoms with Gasteiger partial charge in [0.1, 0.15) is 5.69 Å². The Balaban J connectivity index is 1.67. The van der Waals surface area contributed by atoms with Crippen LogP contribution in [0.1, 0.15) is 35.0 Å². The van der Waals surface area contributed by atoms with Crippen molar-refractivity contribution in [3.8, 4) is 0 Å². The number of hydrogen-bond donors (Lipinski definition) is 2. The largest absolute Gasteiger partial charge is 0.372 e. The lowest BCUT2D eigenvalue weighted by Crippen LogP contribution is -2.43. The lowest BCUT2D eigenvalue weighted by Gasteiger charge is -2.26. The van der Waals surface area contributed by atoms with Gasteiger partial charge in [0.2, 0.25) is 0 Å². The summed E-state index contributed by atoms with van der Waals surface area (Å²) < 4.78 is 6.11. The Morgan fingerprint density at radius 2 is 1.93 bits per heavy atom. The van der Waals surface area contributed by atoms with Gasteiger partial charge in [-0.25, -0.2) is 4.98 Å². The summed E-state index contributed by atoms with van der Waals surface area (Å²) >= 11 is 1.74. The molecule has 1 aromatic heterocycles. The van der Waals surface area contributed by atoms with E-state index in [0.29, 0.717) is 12.3 Å². The first-order chi connectivity index (χ1) is 14.2. The van der Waals surface area contributed by atoms with Crippen LogP contribution in [0, 0.1) is 0 Å². The SMILES string of the molecule is CSc1ccccc1CC[C@@H](NC(=O)c1c[nH]cn1)[C@H](C)OCc1ccccc1. The number of aryl methyl sites for hydroxylation is 1. The molecule has 0 aliphatic carbocycles. The van der Waals surface area contributed by atoms with Crippen molar-refractivity contribution in [2.45, 2.75) is 43.4 Å². The van der Waals surface area contributed by atoms with Crippen molar-refractivity contribution in [3.05, 3.63) is 83.9 Å². The van der Waals surface area contributed by atoms with E-state index in [1.807, 2.05) is 37.3 Å². The van der Waals surface area contributed by atoms with Gasteiger partial charge < -0.3 is 15.0 Å². The molecule has 0 radical (unpaired) electrons. The van der Waals surface area contributed by atoms with Gasteiger partial charge in [0.15, 0.2) is 0 Å². The minimum Gasteiger partial charge on any atom is -0.372 e. The Kier molecular flexibility index (Phi) is 7.90. The molecule has 6 heteroatoms. The zero-order valence-electron chi connectivity index (χ0n) is 16.8. The van der Waals surface area contributed by atoms with Crippen molar-refractivity contribution in [1.29, 1.82) is 0 Å². The highest BCUT2D eigenvalue weighted by Gasteiger charge is 2.22. The number of nitrogens with zero attached hydrogens (tertiary/aromatic N) is 1. The molecule has 29 heavy (non-hydrogen) atoms. The van der Waals surface area contributed by atoms with Crippen LogP contribution in [0.25, 0.3) is 0 Å². The van der Waals surface area contributed by atoms with E-state index in [0.717, 1.165) is 18.4 Å². The summed E-state index contributed by atoms with van der Waals surface area (Å²) in [5, 5.41) is 3.11. The molecular weight excluding hydrogens is 382 g/mol. The predicted octanol–water partition coefficient (Wildman–Crippen LogP) is 4.47. The predicted molar refractivity (Wildman–Crippen MR) is 117 cm³/mol. The van der Waals surface area contributed by atoms with Crippen molar-refractivity contribution in [3.63, 3.8) is 0 Å². The van der Waals surface area contributed by atoms with Gasteiger partial charge >= 0.3 is 0 Å². The smallest absolute Gasteiger partial charge is 0.271 e. The zero-order valence-corrected chi connectivity index (χ0v) is 17.6. The number of ether oxygens (including phenoxy) is 1. The van der Waals surface area contributed by atoms with Crippen LogP contribution in [0.3, 0.4) is 0 Å². The molecule has 0 unspecified atom stereocenters. The van der Waals surface area contributed by atoms with Crippen molar-refractivity contribution in [1.82, 2.24) is 15.3 Å². The quantitative estimate of drug-likeness (QED) is 0.485. The van der Waals surface area contributed by atoms with E-state index in [1.54, 1.807) is 18.0 Å². The fourth-order valence-corrected chi connectivity index (χ4v) is 3.84. The second kappa shape index (κ2) is 10.8. The number of benzene rings is 2. The van der Waals surface area contributed by atoms with Crippen LogP contribution >= 0.6 is 11.8 Å². The molecule has 152 valence electrons. The number of nitrogens with one attached hydrogen (secondary N) is 2. The molecule has 2 atom stereocenters. The third kappa shape index (κ3) is 6.21. The number of carbonyl (C=O) groups excluding carboxylic acids is 1. The van der Waals surface area contributed by atoms with E-state index in [4.69, 9.17) is 4.74 Å². The lowest BCUT2D eigenvalue weighted by atomic mass is 10.0. The molecule has 3 rings (SSSR count). The minimum atomic E-state index is -0.190. The van der Waals surface area contributed by atoms with E-state index >= 15 is 0 Å². The average molecular weight is 410 g/mol. The Morgan fingerprint density at radius 3 is 2.66 bits per heavy atom. The van der Waals surface area contributed by atoms with Crippen molar-refractivity contribution >= 4 is 17.7 Å². The average Bonchev–Trinajstić information content (AvgIpc) is 3.31. The highest BCUT2D eigenvalue weighted by atomic mass is 32.2. The Hall–Kier alpha value is -2.57. The summed E-state index contributed by atoms with van der Waals surface area (Å²) in [4.78, 5) is 20.7. The molecule has 0 bridgehead atoms. The summed E-state index contributed by atoms with van der Waals surface area (Å²) in [6.07, 6.45) is 6.70. The number of rotatable bonds is 10. The number of carbonyl (C=O) groups is 1. The number of thioether (sulfide) groups is 1. The maximum absolute atomic E-state index is 12.6. The number of H-pyrrole nitrogens is 1. The van der Waals surface area contributed by atoms with Crippen molar-refractivity contribution < 1.29 is 9.53 Å². The van der Waals surface area contributed by atoms with Crippen LogP contribution in [-0.4, -0.2) is 34.3 Å². The number of aromatic nitrogens is 2. The lowest BCUT2D eigenvalue weighted by molar-refractivity contribution is 0.0242. The van der Waals surface area contributed by atoms with Gasteiger partial charge in [-0.15, -0.1) is 11.8 Å². The maximum atomic E-state index is 12.6. The first kappa shape index (κ1) is 21.1. The molecule has 2 N–H and O–H groups in total. The normalized spacial score (nSPS) is 13.0. The second-order valence-electron chi connectivity index (χ2n) is 6.89. The monoisotopic (exact) mass is 409 g/mol. The van der Waals surface area contributed by atoms with Crippen molar-refractivity contribution in [2.24, 2.45) is 0 Å². The molecular formula is C23H27N3O2S. The maximum Gasteiger partial charge on any atom is 0.271 e. The number of amides is 1. The minimum absolute atomic E-state index is 0.127. The molecule has 0 spiro atoms. The Bertz CT molecular complexity index is 884. The third-order valence-electron chi connectivity index (χ3n) is 4.89. The molecule has 0 saturated heterocycles. The molecule has 2 aromatic carbocycles. The summed E-state index contributed by atoms with van der Waals surface area (Å²) in [6, 6.07) is 18.3. The van der Waals surface area contributed by atoms with E-state index in [1.165, 1.54) is 16.8 Å². The molecule has 0 saturated carbocycles. The fourth-order valence-electron chi connectivity index (χ4n) is 3.19. The number of hydrogen-bond acceptors (Lipinski definition) is 4. The first-order valence-electron chi connectivity index (χ1n) is 9.74. The highest BCUT2D eigenvalue weighted by Crippen LogP contribution is 2.22. The van der Waals surface area contributed by atoms with E-state index in [9.17, 15) is 4.79 Å². The summed E-state index contributed by atoms with van der Waals surface area (Å²) in [5.41, 5.74) is 2.79. The van der Waals surface area contributed by atoms with Gasteiger partial charge in [-0.2, -0.15) is 0 Å². The molecule has 0 aliphatic heterocycles. The standard InChI is InChI=1S/C23H27N3O2S/c1-17(28-15-18-8-4-3-5-9-18)20(26-23(27)21-14-24-16-25-21)13-12-19-10-6-7-11-22(19)29-2/h3-11,14,16-17,20H,12-13,15H2,1-2H3,(H,24,25)(H,26,27)/t17-,20+/m0/s1. The highest BCUT2D eigenvalue weighted by molar-refractivity contribution is 7.98. The van der Waals surface area contributed by atoms with Crippen LogP contribution in [0.4, 0.5) is 0 Å². The van der Waals surface area contributed by atoms with E-state index in [2.05, 4.69) is 45.8 Å². The van der Waals surface area contributed by atoms with Gasteiger partial charge in [0, 0.05) is 11.1 Å². The summed E-state index contributed by atoms with van der Waals surface area (Å²) in [5.74, 6) is -0.190. The van der Waals surface area contributed by atoms with Gasteiger partial charge in [0.25, 0.3) is 5.91 Å². The molecule has 1 amide bonds. The van der Waals surface area contributed by atoms with Gasteiger partial charge in [-0.3, -0.25) is 4.79 Å². The number of aromatic amines is 1. The number of imidazole rings is 1. The van der Waals surface area contributed by atoms with Crippen LogP contribution in [0.5, 0.6) is 0 Å². The Labute approximate surface area is 176 Å². The van der Waals surface area contributed by atoms with Gasteiger partial charge in [-0.1, -0.05) is 48.5 Å². The first-order valence-corrected chi connectivity index (χ1v) is 11.0. The molecule has 0 aliphatic rings. The second-order valence-corrected chi connectivity index (χ2v) is 7.73. The molecule has 5 nitrogen and oxygen atoms in total.